The second-order valence-electron chi connectivity index (χ2n) is 5.83. The van der Waals surface area contributed by atoms with Crippen molar-refractivity contribution in [3.63, 3.8) is 0 Å². The van der Waals surface area contributed by atoms with Gasteiger partial charge in [0.25, 0.3) is 0 Å². The van der Waals surface area contributed by atoms with Gasteiger partial charge in [-0.25, -0.2) is 23.1 Å². The molecule has 0 bridgehead atoms. The number of carbonyl (C=O) groups is 1. The Morgan fingerprint density at radius 3 is 2.81 bits per heavy atom. The van der Waals surface area contributed by atoms with Crippen LogP contribution in [0.2, 0.25) is 0 Å². The molecular formula is C17H18N4O3S3. The average molecular weight is 423 g/mol. The first-order chi connectivity index (χ1) is 12.8. The van der Waals surface area contributed by atoms with E-state index >= 15 is 0 Å². The molecule has 3 heterocycles. The number of thiazole rings is 1. The summed E-state index contributed by atoms with van der Waals surface area (Å²) >= 11 is 3.12. The minimum absolute atomic E-state index is 0.170. The predicted molar refractivity (Wildman–Crippen MR) is 110 cm³/mol. The third-order valence-electron chi connectivity index (χ3n) is 3.46. The molecule has 7 nitrogen and oxygen atoms in total. The van der Waals surface area contributed by atoms with E-state index in [1.807, 2.05) is 23.6 Å². The van der Waals surface area contributed by atoms with Crippen LogP contribution < -0.4 is 10.0 Å². The Morgan fingerprint density at radius 1 is 1.26 bits per heavy atom. The summed E-state index contributed by atoms with van der Waals surface area (Å²) in [5, 5.41) is 5.49. The van der Waals surface area contributed by atoms with Crippen molar-refractivity contribution in [2.75, 3.05) is 18.1 Å². The normalized spacial score (nSPS) is 11.5. The number of pyridine rings is 1. The molecule has 0 radical (unpaired) electrons. The van der Waals surface area contributed by atoms with Crippen molar-refractivity contribution >= 4 is 44.4 Å². The van der Waals surface area contributed by atoms with Crippen LogP contribution >= 0.6 is 22.7 Å². The summed E-state index contributed by atoms with van der Waals surface area (Å²) in [6, 6.07) is 7.63. The van der Waals surface area contributed by atoms with Gasteiger partial charge in [-0.2, -0.15) is 0 Å². The third-order valence-corrected chi connectivity index (χ3v) is 6.25. The Hall–Kier alpha value is -2.14. The Morgan fingerprint density at radius 2 is 2.07 bits per heavy atom. The minimum Gasteiger partial charge on any atom is -0.311 e. The van der Waals surface area contributed by atoms with E-state index in [4.69, 9.17) is 0 Å². The Kier molecular flexibility index (Phi) is 6.00. The number of anilines is 1. The fourth-order valence-corrected chi connectivity index (χ4v) is 4.67. The minimum atomic E-state index is -3.17. The van der Waals surface area contributed by atoms with Crippen LogP contribution in [0.15, 0.2) is 35.8 Å². The summed E-state index contributed by atoms with van der Waals surface area (Å²) in [7, 11) is -3.17. The van der Waals surface area contributed by atoms with Crippen LogP contribution in [-0.2, 0) is 21.2 Å². The van der Waals surface area contributed by atoms with Gasteiger partial charge < -0.3 is 5.32 Å². The van der Waals surface area contributed by atoms with Gasteiger partial charge in [-0.15, -0.1) is 22.7 Å². The van der Waals surface area contributed by atoms with Crippen molar-refractivity contribution in [2.45, 2.75) is 13.3 Å². The Balaban J connectivity index is 1.72. The molecule has 3 aromatic heterocycles. The van der Waals surface area contributed by atoms with Gasteiger partial charge in [0.05, 0.1) is 16.8 Å². The van der Waals surface area contributed by atoms with Crippen LogP contribution in [0.3, 0.4) is 0 Å². The van der Waals surface area contributed by atoms with Crippen molar-refractivity contribution in [3.05, 3.63) is 40.7 Å². The quantitative estimate of drug-likeness (QED) is 0.610. The molecule has 142 valence electrons. The number of nitrogens with zero attached hydrogens (tertiary/aromatic N) is 2. The summed E-state index contributed by atoms with van der Waals surface area (Å²) in [4.78, 5) is 22.1. The smallest absolute Gasteiger partial charge is 0.222 e. The number of carbonyl (C=O) groups excluding carboxylic acids is 1. The highest BCUT2D eigenvalue weighted by molar-refractivity contribution is 7.88. The third kappa shape index (κ3) is 5.67. The van der Waals surface area contributed by atoms with Crippen molar-refractivity contribution in [1.29, 1.82) is 0 Å². The molecule has 0 aliphatic heterocycles. The lowest BCUT2D eigenvalue weighted by atomic mass is 10.2. The van der Waals surface area contributed by atoms with Gasteiger partial charge in [0.15, 0.2) is 0 Å². The molecule has 3 rings (SSSR count). The van der Waals surface area contributed by atoms with E-state index in [0.717, 1.165) is 32.3 Å². The standard InChI is InChI=1S/C17H18N4O3S3/c1-11(22)20-16-9-12(5-7-18-16)17-21-14(10-25-17)15-4-3-13(26-15)6-8-19-27(2,23)24/h3-5,7,9-10,19H,6,8H2,1-2H3,(H,18,20,22). The summed E-state index contributed by atoms with van der Waals surface area (Å²) in [5.41, 5.74) is 1.76. The van der Waals surface area contributed by atoms with Gasteiger partial charge in [-0.05, 0) is 30.7 Å². The van der Waals surface area contributed by atoms with E-state index in [9.17, 15) is 13.2 Å². The number of hydrogen-bond donors (Lipinski definition) is 2. The van der Waals surface area contributed by atoms with Gasteiger partial charge in [0.2, 0.25) is 15.9 Å². The van der Waals surface area contributed by atoms with E-state index in [2.05, 4.69) is 20.0 Å². The molecule has 0 aliphatic carbocycles. The lowest BCUT2D eigenvalue weighted by Crippen LogP contribution is -2.23. The number of sulfonamides is 1. The molecule has 0 saturated heterocycles. The number of aromatic nitrogens is 2. The van der Waals surface area contributed by atoms with Gasteiger partial charge in [0.1, 0.15) is 10.8 Å². The highest BCUT2D eigenvalue weighted by atomic mass is 32.2. The topological polar surface area (TPSA) is 101 Å². The molecule has 3 aromatic rings. The van der Waals surface area contributed by atoms with Crippen molar-refractivity contribution in [2.24, 2.45) is 0 Å². The SMILES string of the molecule is CC(=O)Nc1cc(-c2nc(-c3ccc(CCNS(C)(=O)=O)s3)cs2)ccn1. The molecule has 27 heavy (non-hydrogen) atoms. The molecule has 0 fully saturated rings. The fraction of sp³-hybridized carbons (Fsp3) is 0.235. The largest absolute Gasteiger partial charge is 0.311 e. The van der Waals surface area contributed by atoms with Crippen LogP contribution in [0.5, 0.6) is 0 Å². The monoisotopic (exact) mass is 422 g/mol. The molecule has 0 aromatic carbocycles. The van der Waals surface area contributed by atoms with Crippen LogP contribution in [-0.4, -0.2) is 37.1 Å². The summed E-state index contributed by atoms with van der Waals surface area (Å²) in [5.74, 6) is 0.324. The van der Waals surface area contributed by atoms with Crippen molar-refractivity contribution in [1.82, 2.24) is 14.7 Å². The van der Waals surface area contributed by atoms with Gasteiger partial charge in [-0.1, -0.05) is 0 Å². The number of nitrogens with one attached hydrogen (secondary N) is 2. The van der Waals surface area contributed by atoms with Crippen LogP contribution in [0.4, 0.5) is 5.82 Å². The van der Waals surface area contributed by atoms with E-state index in [-0.39, 0.29) is 5.91 Å². The van der Waals surface area contributed by atoms with Crippen molar-refractivity contribution < 1.29 is 13.2 Å². The molecule has 0 saturated carbocycles. The van der Waals surface area contributed by atoms with Crippen LogP contribution in [0.1, 0.15) is 11.8 Å². The summed E-state index contributed by atoms with van der Waals surface area (Å²) in [6.07, 6.45) is 3.43. The molecule has 0 spiro atoms. The first kappa shape index (κ1) is 19.6. The lowest BCUT2D eigenvalue weighted by Gasteiger charge is -2.02. The van der Waals surface area contributed by atoms with E-state index in [1.165, 1.54) is 18.3 Å². The Bertz CT molecular complexity index is 1060. The van der Waals surface area contributed by atoms with Crippen LogP contribution in [0, 0.1) is 0 Å². The van der Waals surface area contributed by atoms with E-state index in [1.54, 1.807) is 23.6 Å². The number of hydrogen-bond acceptors (Lipinski definition) is 7. The highest BCUT2D eigenvalue weighted by Gasteiger charge is 2.11. The first-order valence-electron chi connectivity index (χ1n) is 8.03. The van der Waals surface area contributed by atoms with Gasteiger partial charge in [-0.3, -0.25) is 4.79 Å². The first-order valence-corrected chi connectivity index (χ1v) is 11.6. The maximum absolute atomic E-state index is 11.2. The molecular weight excluding hydrogens is 404 g/mol. The molecule has 2 N–H and O–H groups in total. The number of amides is 1. The number of thiophene rings is 1. The predicted octanol–water partition coefficient (Wildman–Crippen LogP) is 2.98. The molecule has 0 atom stereocenters. The second-order valence-corrected chi connectivity index (χ2v) is 9.69. The highest BCUT2D eigenvalue weighted by Crippen LogP contribution is 2.33. The number of rotatable bonds is 7. The van der Waals surface area contributed by atoms with Crippen LogP contribution in [0.25, 0.3) is 21.1 Å². The Labute approximate surface area is 165 Å². The molecule has 1 amide bonds. The van der Waals surface area contributed by atoms with E-state index < -0.39 is 10.0 Å². The zero-order valence-corrected chi connectivity index (χ0v) is 17.2. The van der Waals surface area contributed by atoms with Crippen molar-refractivity contribution in [3.8, 4) is 21.1 Å². The van der Waals surface area contributed by atoms with E-state index in [0.29, 0.717) is 18.8 Å². The average Bonchev–Trinajstić information content (AvgIpc) is 3.22. The zero-order chi connectivity index (χ0) is 19.4. The molecule has 0 unspecified atom stereocenters. The molecule has 10 heteroatoms. The van der Waals surface area contributed by atoms with Gasteiger partial charge in [0, 0.05) is 35.5 Å². The second kappa shape index (κ2) is 8.26. The van der Waals surface area contributed by atoms with Gasteiger partial charge >= 0.3 is 0 Å². The zero-order valence-electron chi connectivity index (χ0n) is 14.7. The lowest BCUT2D eigenvalue weighted by molar-refractivity contribution is -0.114. The maximum atomic E-state index is 11.2. The molecule has 0 aliphatic rings. The summed E-state index contributed by atoms with van der Waals surface area (Å²) in [6.45, 7) is 1.82. The summed E-state index contributed by atoms with van der Waals surface area (Å²) < 4.78 is 24.7. The maximum Gasteiger partial charge on any atom is 0.222 e. The fourth-order valence-electron chi connectivity index (χ4n) is 2.34.